The van der Waals surface area contributed by atoms with Crippen molar-refractivity contribution >= 4 is 5.69 Å². The molecule has 0 saturated carbocycles. The molecular formula is C13H20N2. The Morgan fingerprint density at radius 3 is 2.73 bits per heavy atom. The Morgan fingerprint density at radius 1 is 1.33 bits per heavy atom. The lowest BCUT2D eigenvalue weighted by atomic mass is 9.83. The molecule has 0 amide bonds. The van der Waals surface area contributed by atoms with Gasteiger partial charge in [-0.2, -0.15) is 0 Å². The lowest BCUT2D eigenvalue weighted by Crippen LogP contribution is -2.43. The average molecular weight is 204 g/mol. The highest BCUT2D eigenvalue weighted by Crippen LogP contribution is 2.35. The van der Waals surface area contributed by atoms with Gasteiger partial charge in [-0.05, 0) is 50.6 Å². The summed E-state index contributed by atoms with van der Waals surface area (Å²) in [5.41, 5.74) is 4.32. The lowest BCUT2D eigenvalue weighted by Gasteiger charge is -2.41. The molecule has 0 bridgehead atoms. The van der Waals surface area contributed by atoms with Crippen molar-refractivity contribution in [3.05, 3.63) is 29.3 Å². The van der Waals surface area contributed by atoms with Gasteiger partial charge in [0, 0.05) is 24.8 Å². The first-order chi connectivity index (χ1) is 7.05. The summed E-state index contributed by atoms with van der Waals surface area (Å²) in [6, 6.07) is 6.71. The second-order valence-corrected chi connectivity index (χ2v) is 4.85. The van der Waals surface area contributed by atoms with Crippen molar-refractivity contribution in [2.45, 2.75) is 25.8 Å². The Kier molecular flexibility index (Phi) is 2.47. The second kappa shape index (κ2) is 3.53. The maximum absolute atomic E-state index is 3.21. The van der Waals surface area contributed by atoms with Gasteiger partial charge in [-0.15, -0.1) is 0 Å². The molecule has 82 valence electrons. The molecule has 1 aliphatic heterocycles. The summed E-state index contributed by atoms with van der Waals surface area (Å²) in [5, 5.41) is 3.21. The number of hydrogen-bond acceptors (Lipinski definition) is 2. The topological polar surface area (TPSA) is 15.3 Å². The minimum atomic E-state index is 0.153. The lowest BCUT2D eigenvalue weighted by molar-refractivity contribution is 0.143. The molecule has 2 rings (SSSR count). The summed E-state index contributed by atoms with van der Waals surface area (Å²) in [5.74, 6) is 0. The van der Waals surface area contributed by atoms with Crippen LogP contribution >= 0.6 is 0 Å². The third kappa shape index (κ3) is 1.63. The minimum absolute atomic E-state index is 0.153. The van der Waals surface area contributed by atoms with E-state index in [4.69, 9.17) is 0 Å². The average Bonchev–Trinajstić information content (AvgIpc) is 2.24. The van der Waals surface area contributed by atoms with Crippen molar-refractivity contribution in [1.29, 1.82) is 0 Å². The van der Waals surface area contributed by atoms with E-state index in [0.29, 0.717) is 0 Å². The highest BCUT2D eigenvalue weighted by molar-refractivity contribution is 5.51. The minimum Gasteiger partial charge on any atom is -0.388 e. The first-order valence-corrected chi connectivity index (χ1v) is 5.58. The number of benzene rings is 1. The third-order valence-corrected chi connectivity index (χ3v) is 3.73. The fourth-order valence-electron chi connectivity index (χ4n) is 2.29. The number of anilines is 1. The summed E-state index contributed by atoms with van der Waals surface area (Å²) in [6.45, 7) is 5.74. The predicted octanol–water partition coefficient (Wildman–Crippen LogP) is 2.45. The monoisotopic (exact) mass is 204 g/mol. The highest BCUT2D eigenvalue weighted by atomic mass is 15.2. The van der Waals surface area contributed by atoms with Gasteiger partial charge in [0.1, 0.15) is 0 Å². The Bertz CT molecular complexity index is 369. The number of nitrogens with zero attached hydrogens (tertiary/aromatic N) is 1. The zero-order valence-corrected chi connectivity index (χ0v) is 10.1. The van der Waals surface area contributed by atoms with E-state index in [1.807, 2.05) is 7.05 Å². The Balaban J connectivity index is 2.51. The first-order valence-electron chi connectivity index (χ1n) is 5.58. The quantitative estimate of drug-likeness (QED) is 0.756. The number of nitrogens with one attached hydrogen (secondary N) is 1. The van der Waals surface area contributed by atoms with E-state index >= 15 is 0 Å². The van der Waals surface area contributed by atoms with Gasteiger partial charge in [0.25, 0.3) is 0 Å². The van der Waals surface area contributed by atoms with E-state index in [-0.39, 0.29) is 5.54 Å². The fraction of sp³-hybridized carbons (Fsp3) is 0.538. The normalized spacial score (nSPS) is 19.7. The van der Waals surface area contributed by atoms with Crippen molar-refractivity contribution < 1.29 is 0 Å². The van der Waals surface area contributed by atoms with Crippen LogP contribution in [-0.2, 0) is 12.0 Å². The molecule has 0 saturated heterocycles. The zero-order chi connectivity index (χ0) is 11.1. The second-order valence-electron chi connectivity index (χ2n) is 4.85. The van der Waals surface area contributed by atoms with Crippen LogP contribution in [0.2, 0.25) is 0 Å². The van der Waals surface area contributed by atoms with Crippen LogP contribution in [0.15, 0.2) is 18.2 Å². The zero-order valence-electron chi connectivity index (χ0n) is 10.1. The number of hydrogen-bond donors (Lipinski definition) is 1. The predicted molar refractivity (Wildman–Crippen MR) is 65.3 cm³/mol. The maximum Gasteiger partial charge on any atom is 0.0405 e. The van der Waals surface area contributed by atoms with E-state index in [9.17, 15) is 0 Å². The van der Waals surface area contributed by atoms with Crippen molar-refractivity contribution in [1.82, 2.24) is 4.90 Å². The van der Waals surface area contributed by atoms with Gasteiger partial charge in [0.2, 0.25) is 0 Å². The largest absolute Gasteiger partial charge is 0.388 e. The van der Waals surface area contributed by atoms with Gasteiger partial charge in [0.15, 0.2) is 0 Å². The Morgan fingerprint density at radius 2 is 2.07 bits per heavy atom. The van der Waals surface area contributed by atoms with Crippen molar-refractivity contribution in [2.75, 3.05) is 26.0 Å². The van der Waals surface area contributed by atoms with Crippen LogP contribution < -0.4 is 5.32 Å². The number of fused-ring (bicyclic) bond motifs is 1. The van der Waals surface area contributed by atoms with E-state index in [1.165, 1.54) is 23.2 Å². The molecule has 0 atom stereocenters. The Labute approximate surface area is 92.3 Å². The number of likely N-dealkylation sites (N-methyl/N-ethyl adjacent to an activating group) is 1. The van der Waals surface area contributed by atoms with E-state index < -0.39 is 0 Å². The molecule has 0 aromatic heterocycles. The van der Waals surface area contributed by atoms with Crippen LogP contribution in [0, 0.1) is 0 Å². The molecule has 1 heterocycles. The summed E-state index contributed by atoms with van der Waals surface area (Å²) in [4.78, 5) is 2.43. The third-order valence-electron chi connectivity index (χ3n) is 3.73. The van der Waals surface area contributed by atoms with Gasteiger partial charge in [-0.3, -0.25) is 4.90 Å². The molecule has 0 radical (unpaired) electrons. The highest BCUT2D eigenvalue weighted by Gasteiger charge is 2.31. The van der Waals surface area contributed by atoms with Crippen LogP contribution in [-0.4, -0.2) is 25.5 Å². The summed E-state index contributed by atoms with van der Waals surface area (Å²) in [7, 11) is 4.18. The van der Waals surface area contributed by atoms with Crippen LogP contribution in [0.4, 0.5) is 5.69 Å². The molecule has 0 unspecified atom stereocenters. The maximum atomic E-state index is 3.21. The molecule has 0 spiro atoms. The molecule has 1 aromatic rings. The summed E-state index contributed by atoms with van der Waals surface area (Å²) in [6.07, 6.45) is 1.17. The molecular weight excluding hydrogens is 184 g/mol. The van der Waals surface area contributed by atoms with Crippen molar-refractivity contribution in [3.8, 4) is 0 Å². The van der Waals surface area contributed by atoms with Crippen LogP contribution in [0.5, 0.6) is 0 Å². The molecule has 1 aliphatic rings. The van der Waals surface area contributed by atoms with Crippen LogP contribution in [0.25, 0.3) is 0 Å². The van der Waals surface area contributed by atoms with Gasteiger partial charge in [-0.1, -0.05) is 6.07 Å². The van der Waals surface area contributed by atoms with Gasteiger partial charge >= 0.3 is 0 Å². The standard InChI is InChI=1S/C13H20N2/c1-13(2)12-9-11(14-3)6-5-10(12)7-8-15(13)4/h5-6,9,14H,7-8H2,1-4H3. The molecule has 1 aromatic carbocycles. The number of rotatable bonds is 1. The summed E-state index contributed by atoms with van der Waals surface area (Å²) >= 11 is 0. The van der Waals surface area contributed by atoms with Crippen molar-refractivity contribution in [3.63, 3.8) is 0 Å². The summed E-state index contributed by atoms with van der Waals surface area (Å²) < 4.78 is 0. The molecule has 2 nitrogen and oxygen atoms in total. The molecule has 1 N–H and O–H groups in total. The van der Waals surface area contributed by atoms with E-state index in [0.717, 1.165) is 6.54 Å². The first kappa shape index (κ1) is 10.5. The van der Waals surface area contributed by atoms with E-state index in [1.54, 1.807) is 0 Å². The fourth-order valence-corrected chi connectivity index (χ4v) is 2.29. The molecule has 2 heteroatoms. The van der Waals surface area contributed by atoms with Gasteiger partial charge in [-0.25, -0.2) is 0 Å². The van der Waals surface area contributed by atoms with Gasteiger partial charge in [0.05, 0.1) is 0 Å². The smallest absolute Gasteiger partial charge is 0.0405 e. The molecule has 0 aliphatic carbocycles. The SMILES string of the molecule is CNc1ccc2c(c1)C(C)(C)N(C)CC2. The van der Waals surface area contributed by atoms with Crippen LogP contribution in [0.1, 0.15) is 25.0 Å². The molecule has 0 fully saturated rings. The molecule has 15 heavy (non-hydrogen) atoms. The van der Waals surface area contributed by atoms with Crippen molar-refractivity contribution in [2.24, 2.45) is 0 Å². The Hall–Kier alpha value is -1.02. The van der Waals surface area contributed by atoms with Crippen LogP contribution in [0.3, 0.4) is 0 Å². The van der Waals surface area contributed by atoms with Gasteiger partial charge < -0.3 is 5.32 Å². The van der Waals surface area contributed by atoms with E-state index in [2.05, 4.69) is 49.3 Å².